The van der Waals surface area contributed by atoms with Crippen LogP contribution in [0.1, 0.15) is 18.4 Å². The van der Waals surface area contributed by atoms with E-state index in [4.69, 9.17) is 4.74 Å². The smallest absolute Gasteiger partial charge is 0.149 e. The average Bonchev–Trinajstić information content (AvgIpc) is 3.31. The maximum atomic E-state index is 14.2. The summed E-state index contributed by atoms with van der Waals surface area (Å²) in [5.41, 5.74) is 1.32. The zero-order valence-corrected chi connectivity index (χ0v) is 13.6. The number of hydrogen-bond donors (Lipinski definition) is 1. The summed E-state index contributed by atoms with van der Waals surface area (Å²) in [4.78, 5) is 6.37. The van der Waals surface area contributed by atoms with Crippen LogP contribution in [0.3, 0.4) is 0 Å². The summed E-state index contributed by atoms with van der Waals surface area (Å²) in [7, 11) is 0. The first-order chi connectivity index (χ1) is 11.8. The number of ether oxygens (including phenoxy) is 1. The van der Waals surface area contributed by atoms with Crippen LogP contribution in [0.4, 0.5) is 4.39 Å². The van der Waals surface area contributed by atoms with E-state index in [1.54, 1.807) is 12.1 Å². The van der Waals surface area contributed by atoms with E-state index in [9.17, 15) is 4.39 Å². The molecule has 2 aliphatic rings. The average molecular weight is 331 g/mol. The maximum absolute atomic E-state index is 14.2. The van der Waals surface area contributed by atoms with Crippen molar-refractivity contribution in [2.45, 2.75) is 31.5 Å². The molecule has 1 N–H and O–H groups in total. The van der Waals surface area contributed by atoms with Gasteiger partial charge in [0.2, 0.25) is 0 Å². The van der Waals surface area contributed by atoms with Gasteiger partial charge in [0.25, 0.3) is 0 Å². The standard InChI is InChI=1S/C17H22FN5O/c18-16-7-13(1-4-17(16)23-12-20-11-21-23)8-19-9-15-10-22(5-6-24-15)14-2-3-14/h1,4,7,11-12,14-15,19H,2-3,5-6,8-10H2/t15-/m1/s1. The summed E-state index contributed by atoms with van der Waals surface area (Å²) in [6.07, 6.45) is 5.76. The van der Waals surface area contributed by atoms with Crippen LogP contribution in [-0.4, -0.2) is 58.1 Å². The van der Waals surface area contributed by atoms with Crippen LogP contribution in [0.2, 0.25) is 0 Å². The molecule has 1 saturated heterocycles. The van der Waals surface area contributed by atoms with Crippen molar-refractivity contribution in [1.82, 2.24) is 25.0 Å². The molecule has 1 atom stereocenters. The van der Waals surface area contributed by atoms with Gasteiger partial charge in [-0.3, -0.25) is 4.90 Å². The Morgan fingerprint density at radius 1 is 1.33 bits per heavy atom. The molecule has 0 amide bonds. The van der Waals surface area contributed by atoms with Gasteiger partial charge in [-0.05, 0) is 30.5 Å². The molecule has 2 heterocycles. The highest BCUT2D eigenvalue weighted by atomic mass is 19.1. The van der Waals surface area contributed by atoms with Gasteiger partial charge >= 0.3 is 0 Å². The summed E-state index contributed by atoms with van der Waals surface area (Å²) in [6.45, 7) is 4.27. The molecular formula is C17H22FN5O. The number of nitrogens with zero attached hydrogens (tertiary/aromatic N) is 4. The van der Waals surface area contributed by atoms with Crippen LogP contribution in [-0.2, 0) is 11.3 Å². The van der Waals surface area contributed by atoms with Gasteiger partial charge in [-0.2, -0.15) is 5.10 Å². The lowest BCUT2D eigenvalue weighted by Gasteiger charge is -2.33. The van der Waals surface area contributed by atoms with Gasteiger partial charge < -0.3 is 10.1 Å². The molecule has 6 nitrogen and oxygen atoms in total. The lowest BCUT2D eigenvalue weighted by atomic mass is 10.2. The molecular weight excluding hydrogens is 309 g/mol. The van der Waals surface area contributed by atoms with Crippen LogP contribution in [0.5, 0.6) is 0 Å². The van der Waals surface area contributed by atoms with Crippen LogP contribution >= 0.6 is 0 Å². The zero-order valence-electron chi connectivity index (χ0n) is 13.6. The molecule has 1 aromatic carbocycles. The minimum Gasteiger partial charge on any atom is -0.374 e. The predicted molar refractivity (Wildman–Crippen MR) is 87.4 cm³/mol. The first-order valence-electron chi connectivity index (χ1n) is 8.49. The first-order valence-corrected chi connectivity index (χ1v) is 8.49. The maximum Gasteiger partial charge on any atom is 0.149 e. The van der Waals surface area contributed by atoms with Gasteiger partial charge in [-0.25, -0.2) is 14.1 Å². The van der Waals surface area contributed by atoms with E-state index in [0.29, 0.717) is 12.2 Å². The molecule has 1 saturated carbocycles. The van der Waals surface area contributed by atoms with Crippen molar-refractivity contribution in [2.24, 2.45) is 0 Å². The van der Waals surface area contributed by atoms with Crippen LogP contribution < -0.4 is 5.32 Å². The third-order valence-electron chi connectivity index (χ3n) is 4.61. The van der Waals surface area contributed by atoms with Crippen molar-refractivity contribution in [2.75, 3.05) is 26.2 Å². The summed E-state index contributed by atoms with van der Waals surface area (Å²) in [5.74, 6) is -0.298. The molecule has 4 rings (SSSR count). The van der Waals surface area contributed by atoms with Gasteiger partial charge in [0, 0.05) is 32.2 Å². The molecule has 0 unspecified atom stereocenters. The van der Waals surface area contributed by atoms with Gasteiger partial charge in [-0.15, -0.1) is 0 Å². The molecule has 128 valence electrons. The lowest BCUT2D eigenvalue weighted by molar-refractivity contribution is -0.0301. The number of nitrogens with one attached hydrogen (secondary N) is 1. The van der Waals surface area contributed by atoms with E-state index < -0.39 is 0 Å². The monoisotopic (exact) mass is 331 g/mol. The number of halogens is 1. The third-order valence-corrected chi connectivity index (χ3v) is 4.61. The number of rotatable bonds is 6. The Bertz CT molecular complexity index is 674. The van der Waals surface area contributed by atoms with Gasteiger partial charge in [-0.1, -0.05) is 6.07 Å². The molecule has 1 aliphatic carbocycles. The molecule has 24 heavy (non-hydrogen) atoms. The fraction of sp³-hybridized carbons (Fsp3) is 0.529. The Morgan fingerprint density at radius 3 is 3.00 bits per heavy atom. The Labute approximate surface area is 140 Å². The molecule has 1 aromatic heterocycles. The number of morpholine rings is 1. The highest BCUT2D eigenvalue weighted by molar-refractivity contribution is 5.35. The van der Waals surface area contributed by atoms with Crippen LogP contribution in [0, 0.1) is 5.82 Å². The highest BCUT2D eigenvalue weighted by Crippen LogP contribution is 2.28. The van der Waals surface area contributed by atoms with E-state index in [0.717, 1.165) is 37.8 Å². The van der Waals surface area contributed by atoms with Crippen molar-refractivity contribution in [1.29, 1.82) is 0 Å². The second-order valence-corrected chi connectivity index (χ2v) is 6.48. The van der Waals surface area contributed by atoms with Gasteiger partial charge in [0.05, 0.1) is 12.7 Å². The van der Waals surface area contributed by atoms with E-state index in [2.05, 4.69) is 20.3 Å². The summed E-state index contributed by atoms with van der Waals surface area (Å²) < 4.78 is 21.4. The van der Waals surface area contributed by atoms with Crippen LogP contribution in [0.25, 0.3) is 5.69 Å². The predicted octanol–water partition coefficient (Wildman–Crippen LogP) is 1.36. The molecule has 2 fully saturated rings. The van der Waals surface area contributed by atoms with E-state index in [1.807, 2.05) is 6.07 Å². The number of hydrogen-bond acceptors (Lipinski definition) is 5. The fourth-order valence-electron chi connectivity index (χ4n) is 3.19. The number of aromatic nitrogens is 3. The second kappa shape index (κ2) is 6.96. The van der Waals surface area contributed by atoms with Crippen molar-refractivity contribution in [3.8, 4) is 5.69 Å². The van der Waals surface area contributed by atoms with Gasteiger partial charge in [0.15, 0.2) is 0 Å². The Morgan fingerprint density at radius 2 is 2.25 bits per heavy atom. The van der Waals surface area contributed by atoms with Crippen molar-refractivity contribution in [3.63, 3.8) is 0 Å². The highest BCUT2D eigenvalue weighted by Gasteiger charge is 2.32. The van der Waals surface area contributed by atoms with Crippen LogP contribution in [0.15, 0.2) is 30.9 Å². The molecule has 0 spiro atoms. The Kier molecular flexibility index (Phi) is 4.55. The SMILES string of the molecule is Fc1cc(CNC[C@@H]2CN(C3CC3)CCO2)ccc1-n1cncn1. The molecule has 0 bridgehead atoms. The summed E-state index contributed by atoms with van der Waals surface area (Å²) in [6, 6.07) is 5.97. The minimum atomic E-state index is -0.298. The Hall–Kier alpha value is -1.83. The first kappa shape index (κ1) is 15.7. The zero-order chi connectivity index (χ0) is 16.4. The largest absolute Gasteiger partial charge is 0.374 e. The van der Waals surface area contributed by atoms with E-state index in [-0.39, 0.29) is 11.9 Å². The second-order valence-electron chi connectivity index (χ2n) is 6.48. The molecule has 1 aliphatic heterocycles. The van der Waals surface area contributed by atoms with Crippen molar-refractivity contribution < 1.29 is 9.13 Å². The topological polar surface area (TPSA) is 55.2 Å². The summed E-state index contributed by atoms with van der Waals surface area (Å²) >= 11 is 0. The minimum absolute atomic E-state index is 0.221. The normalized spacial score (nSPS) is 22.0. The fourth-order valence-corrected chi connectivity index (χ4v) is 3.19. The summed E-state index contributed by atoms with van der Waals surface area (Å²) in [5, 5.41) is 7.34. The van der Waals surface area contributed by atoms with E-state index >= 15 is 0 Å². The Balaban J connectivity index is 1.29. The molecule has 7 heteroatoms. The van der Waals surface area contributed by atoms with Crippen molar-refractivity contribution in [3.05, 3.63) is 42.2 Å². The quantitative estimate of drug-likeness (QED) is 0.866. The van der Waals surface area contributed by atoms with E-state index in [1.165, 1.54) is 30.2 Å². The number of benzene rings is 1. The van der Waals surface area contributed by atoms with Gasteiger partial charge in [0.1, 0.15) is 24.2 Å². The molecule has 2 aromatic rings. The van der Waals surface area contributed by atoms with Crippen molar-refractivity contribution >= 4 is 0 Å². The lowest BCUT2D eigenvalue weighted by Crippen LogP contribution is -2.47. The molecule has 0 radical (unpaired) electrons. The third kappa shape index (κ3) is 3.63.